The summed E-state index contributed by atoms with van der Waals surface area (Å²) in [5, 5.41) is 22.7. The molecular weight excluding hydrogens is 1460 g/mol. The van der Waals surface area contributed by atoms with E-state index in [1.54, 1.807) is 116 Å². The third-order valence-corrected chi connectivity index (χ3v) is 11.1. The molecule has 0 unspecified atom stereocenters. The zero-order chi connectivity index (χ0) is 89.1. The van der Waals surface area contributed by atoms with Gasteiger partial charge in [-0.2, -0.15) is 5.10 Å². The predicted octanol–water partition coefficient (Wildman–Crippen LogP) is 27.2. The third-order valence-electron chi connectivity index (χ3n) is 9.47. The van der Waals surface area contributed by atoms with Gasteiger partial charge in [0.1, 0.15) is 35.8 Å². The molecule has 640 valence electrons. The van der Waals surface area contributed by atoms with Crippen molar-refractivity contribution in [3.8, 4) is 0 Å². The number of para-hydroxylation sites is 1. The first-order valence-electron chi connectivity index (χ1n) is 39.4. The van der Waals surface area contributed by atoms with Crippen LogP contribution in [0, 0.1) is 43.3 Å². The van der Waals surface area contributed by atoms with Crippen molar-refractivity contribution in [2.24, 2.45) is 63.3 Å². The molecule has 4 aliphatic rings. The Bertz CT molecular complexity index is 3500. The summed E-state index contributed by atoms with van der Waals surface area (Å²) in [5.74, 6) is 0. The maximum atomic E-state index is 4.33. The number of H-pyrrole nitrogens is 2. The van der Waals surface area contributed by atoms with Crippen molar-refractivity contribution in [2.45, 2.75) is 300 Å². The molecule has 0 radical (unpaired) electrons. The fraction of sp³-hybridized carbons (Fsp3) is 0.553. The van der Waals surface area contributed by atoms with Crippen LogP contribution in [-0.4, -0.2) is 94.7 Å². The first-order chi connectivity index (χ1) is 52.6. The van der Waals surface area contributed by atoms with Gasteiger partial charge in [-0.15, -0.1) is 21.5 Å². The summed E-state index contributed by atoms with van der Waals surface area (Å²) in [5.41, 5.74) is 15.1. The monoisotopic (exact) mass is 1620 g/mol. The van der Waals surface area contributed by atoms with E-state index in [1.165, 1.54) is 46.3 Å². The van der Waals surface area contributed by atoms with Crippen molar-refractivity contribution in [3.63, 3.8) is 0 Å². The second-order valence-corrected chi connectivity index (χ2v) is 42.8. The lowest BCUT2D eigenvalue weighted by atomic mass is 9.90. The molecule has 2 aromatic carbocycles. The summed E-state index contributed by atoms with van der Waals surface area (Å²) in [6.07, 6.45) is 33.7. The highest BCUT2D eigenvalue weighted by molar-refractivity contribution is 7.09. The molecule has 12 heterocycles. The van der Waals surface area contributed by atoms with Crippen molar-refractivity contribution < 1.29 is 4.52 Å². The summed E-state index contributed by atoms with van der Waals surface area (Å²) in [6, 6.07) is 21.9. The van der Waals surface area contributed by atoms with Gasteiger partial charge in [0.05, 0.1) is 49.1 Å². The Balaban J connectivity index is -0.000000573. The van der Waals surface area contributed by atoms with Crippen LogP contribution in [0.1, 0.15) is 314 Å². The number of fused-ring (bicyclic) bond motifs is 4. The molecule has 2 N–H and O–H groups in total. The quantitative estimate of drug-likeness (QED) is 0.144. The zero-order valence-corrected chi connectivity index (χ0v) is 80.3. The molecule has 0 bridgehead atoms. The second kappa shape index (κ2) is 59.8. The largest absolute Gasteiger partial charge is 0.365 e. The van der Waals surface area contributed by atoms with E-state index in [-0.39, 0.29) is 10.8 Å². The van der Waals surface area contributed by atoms with Crippen LogP contribution in [0.5, 0.6) is 0 Å². The molecule has 14 rings (SSSR count). The minimum absolute atomic E-state index is 0.135. The second-order valence-electron chi connectivity index (χ2n) is 41.3. The number of aromatic nitrogens is 14. The highest BCUT2D eigenvalue weighted by Gasteiger charge is 2.19. The number of aromatic amines is 2. The predicted molar refractivity (Wildman–Crippen MR) is 500 cm³/mol. The molecule has 115 heavy (non-hydrogen) atoms. The molecule has 0 saturated carbocycles. The van der Waals surface area contributed by atoms with Crippen molar-refractivity contribution >= 4 is 58.6 Å². The first-order valence-corrected chi connectivity index (χ1v) is 41.1. The summed E-state index contributed by atoms with van der Waals surface area (Å²) < 4.78 is 8.10. The average Bonchev–Trinajstić information content (AvgIpc) is 1.66. The number of allylic oxidation sites excluding steroid dienone is 1. The Kier molecular flexibility index (Phi) is 58.5. The average molecular weight is 1620 g/mol. The van der Waals surface area contributed by atoms with Crippen LogP contribution in [0.15, 0.2) is 196 Å². The van der Waals surface area contributed by atoms with Gasteiger partial charge in [-0.1, -0.05) is 317 Å². The Morgan fingerprint density at radius 3 is 1.17 bits per heavy atom. The van der Waals surface area contributed by atoms with Gasteiger partial charge >= 0.3 is 0 Å². The lowest BCUT2D eigenvalue weighted by Gasteiger charge is -2.16. The van der Waals surface area contributed by atoms with Gasteiger partial charge in [-0.05, 0) is 90.2 Å². The lowest BCUT2D eigenvalue weighted by Crippen LogP contribution is -2.11. The molecule has 4 aliphatic heterocycles. The van der Waals surface area contributed by atoms with Crippen LogP contribution < -0.4 is 0 Å². The number of nitrogens with one attached hydrogen (secondary N) is 2. The zero-order valence-electron chi connectivity index (χ0n) is 78.7. The summed E-state index contributed by atoms with van der Waals surface area (Å²) in [7, 11) is 0. The van der Waals surface area contributed by atoms with Gasteiger partial charge in [-0.25, -0.2) is 39.3 Å². The Hall–Kier alpha value is -8.82. The number of aliphatic imine (C=N–C) groups is 4. The Morgan fingerprint density at radius 2 is 0.887 bits per heavy atom. The Labute approximate surface area is 707 Å². The SMILES string of the molecule is C1=CN=CC1.C1=NCc2ccccc21.C1=NCc2ncncc21.C1=NCc2ncncc21.CC(C)(C)C.CC(C)(C)C.CC(C)(C)C.CC(C)(C)C.CC(C)(C)C.CC(C)(C)C.CC(C)(C)C.CC(C)(C)C.CC(C)(C)c1[nH]nc2ccccc12.CC(C)(C)c1nncs1.c1c[nH]cn1.c1cncnc1.c1cnoc1.c1cnsc1. The molecule has 8 aromatic heterocycles. The number of benzene rings is 2. The van der Waals surface area contributed by atoms with Gasteiger partial charge in [0, 0.05) is 119 Å². The van der Waals surface area contributed by atoms with E-state index in [2.05, 4.69) is 376 Å². The van der Waals surface area contributed by atoms with Crippen LogP contribution in [-0.2, 0) is 30.5 Å². The van der Waals surface area contributed by atoms with Gasteiger partial charge < -0.3 is 9.51 Å². The number of imidazole rings is 1. The molecule has 0 amide bonds. The molecule has 19 nitrogen and oxygen atoms in total. The standard InChI is InChI=1S/C11H14N2.C8H7N.2C6H5N3.C6H10N2S.8C5H12.C4H4N2.C4H5N.C3H4N2.C3H3NO.C3H3NS/c1-11(2,3)10-8-6-4-5-7-9(8)12-13-10;1-2-4-8-6-9-5-7(8)3-1;2*1-5-2-8-4-9-6(5)3-7-1;1-6(2,3)5-8-7-4-9-5;8*1-5(2,3)4;1-2-5-4-6-3-1;1-2-4-5-3-1;1-2-5-3-4-1;2*1-2-4-5-3-1/h4-7H,1-3H3,(H,12,13);1-5H,6H2;2*1-2,4H,3H2;4H,1-3H3;8*1-4H3;1-4H;1,3-4H,2H2;1-3H,(H,4,5);2*1-3H. The first kappa shape index (κ1) is 113. The van der Waals surface area contributed by atoms with Crippen LogP contribution in [0.3, 0.4) is 0 Å². The lowest BCUT2D eigenvalue weighted by molar-refractivity contribution is 0.420. The number of rotatable bonds is 0. The molecule has 0 atom stereocenters. The maximum absolute atomic E-state index is 4.33. The van der Waals surface area contributed by atoms with Crippen molar-refractivity contribution in [2.75, 3.05) is 0 Å². The molecule has 0 fully saturated rings. The number of hydrogen-bond donors (Lipinski definition) is 2. The number of nitrogens with zero attached hydrogens (tertiary/aromatic N) is 16. The fourth-order valence-electron chi connectivity index (χ4n) is 5.87. The van der Waals surface area contributed by atoms with Crippen molar-refractivity contribution in [1.29, 1.82) is 0 Å². The molecule has 10 aromatic rings. The van der Waals surface area contributed by atoms with Gasteiger partial charge in [0.15, 0.2) is 0 Å². The third kappa shape index (κ3) is 97.5. The van der Waals surface area contributed by atoms with Crippen molar-refractivity contribution in [1.82, 2.24) is 69.8 Å². The molecule has 0 aliphatic carbocycles. The van der Waals surface area contributed by atoms with Crippen LogP contribution in [0.25, 0.3) is 10.9 Å². The normalized spacial score (nSPS) is 11.9. The summed E-state index contributed by atoms with van der Waals surface area (Å²) in [6.45, 7) is 85.3. The molecule has 0 saturated heterocycles. The van der Waals surface area contributed by atoms with Crippen LogP contribution >= 0.6 is 22.9 Å². The fourth-order valence-corrected chi connectivity index (χ4v) is 6.87. The van der Waals surface area contributed by atoms with Gasteiger partial charge in [0.2, 0.25) is 0 Å². The van der Waals surface area contributed by atoms with E-state index >= 15 is 0 Å². The van der Waals surface area contributed by atoms with E-state index in [4.69, 9.17) is 0 Å². The van der Waals surface area contributed by atoms with Gasteiger partial charge in [-0.3, -0.25) is 25.1 Å². The minimum Gasteiger partial charge on any atom is -0.365 e. The summed E-state index contributed by atoms with van der Waals surface area (Å²) >= 11 is 3.07. The smallest absolute Gasteiger partial charge is 0.123 e. The van der Waals surface area contributed by atoms with Gasteiger partial charge in [0.25, 0.3) is 0 Å². The highest BCUT2D eigenvalue weighted by Crippen LogP contribution is 2.27. The van der Waals surface area contributed by atoms with Crippen LogP contribution in [0.2, 0.25) is 0 Å². The van der Waals surface area contributed by atoms with Crippen LogP contribution in [0.4, 0.5) is 0 Å². The molecular formula is C94H156N18OS2. The topological polar surface area (TPSA) is 249 Å². The van der Waals surface area contributed by atoms with E-state index in [9.17, 15) is 0 Å². The molecule has 21 heteroatoms. The van der Waals surface area contributed by atoms with E-state index in [1.807, 2.05) is 60.3 Å². The maximum Gasteiger partial charge on any atom is 0.123 e. The summed E-state index contributed by atoms with van der Waals surface area (Å²) in [4.78, 5) is 45.5. The number of hydrogen-bond acceptors (Lipinski definition) is 19. The molecule has 0 spiro atoms. The highest BCUT2D eigenvalue weighted by atomic mass is 32.1. The van der Waals surface area contributed by atoms with E-state index in [0.29, 0.717) is 43.3 Å². The minimum atomic E-state index is 0.135. The van der Waals surface area contributed by atoms with Crippen molar-refractivity contribution in [3.05, 3.63) is 215 Å². The Morgan fingerprint density at radius 1 is 0.426 bits per heavy atom. The van der Waals surface area contributed by atoms with E-state index in [0.717, 1.165) is 59.1 Å². The van der Waals surface area contributed by atoms with E-state index < -0.39 is 0 Å².